The molecule has 1 amide bonds. The molecule has 2 aromatic rings. The molecule has 0 spiro atoms. The Balaban J connectivity index is 1.70. The molecule has 0 saturated carbocycles. The van der Waals surface area contributed by atoms with E-state index in [4.69, 9.17) is 14.5 Å². The zero-order chi connectivity index (χ0) is 21.3. The molecule has 164 valence electrons. The van der Waals surface area contributed by atoms with E-state index in [-0.39, 0.29) is 12.0 Å². The Morgan fingerprint density at radius 2 is 2.20 bits per heavy atom. The van der Waals surface area contributed by atoms with Gasteiger partial charge in [0.15, 0.2) is 5.13 Å². The molecule has 2 atom stereocenters. The lowest BCUT2D eigenvalue weighted by molar-refractivity contribution is -0.122. The number of amides is 1. The van der Waals surface area contributed by atoms with E-state index in [0.29, 0.717) is 50.0 Å². The van der Waals surface area contributed by atoms with Crippen LogP contribution in [0.1, 0.15) is 32.6 Å². The number of anilines is 1. The van der Waals surface area contributed by atoms with Gasteiger partial charge in [-0.15, -0.1) is 0 Å². The van der Waals surface area contributed by atoms with Crippen molar-refractivity contribution in [1.82, 2.24) is 9.29 Å². The molecule has 0 N–H and O–H groups in total. The highest BCUT2D eigenvalue weighted by molar-refractivity contribution is 7.88. The van der Waals surface area contributed by atoms with Crippen molar-refractivity contribution in [2.75, 3.05) is 37.5 Å². The minimum atomic E-state index is -3.46. The molecule has 0 bridgehead atoms. The first-order valence-electron chi connectivity index (χ1n) is 10.3. The number of ether oxygens (including phenoxy) is 2. The minimum absolute atomic E-state index is 0.0691. The van der Waals surface area contributed by atoms with Crippen LogP contribution in [0.15, 0.2) is 18.2 Å². The fourth-order valence-corrected chi connectivity index (χ4v) is 6.23. The van der Waals surface area contributed by atoms with Crippen LogP contribution in [0.25, 0.3) is 10.2 Å². The molecule has 30 heavy (non-hydrogen) atoms. The molecule has 2 aliphatic heterocycles. The number of fused-ring (bicyclic) bond motifs is 1. The Morgan fingerprint density at radius 3 is 2.90 bits per heavy atom. The summed E-state index contributed by atoms with van der Waals surface area (Å²) in [4.78, 5) is 19.9. The topological polar surface area (TPSA) is 89.0 Å². The third-order valence-corrected chi connectivity index (χ3v) is 7.82. The van der Waals surface area contributed by atoms with Crippen LogP contribution in [-0.2, 0) is 19.6 Å². The maximum absolute atomic E-state index is 13.6. The van der Waals surface area contributed by atoms with Gasteiger partial charge in [-0.25, -0.2) is 13.4 Å². The number of carbonyl (C=O) groups is 1. The van der Waals surface area contributed by atoms with Crippen LogP contribution in [0.3, 0.4) is 0 Å². The van der Waals surface area contributed by atoms with Gasteiger partial charge in [-0.3, -0.25) is 9.69 Å². The van der Waals surface area contributed by atoms with Crippen molar-refractivity contribution < 1.29 is 22.7 Å². The Labute approximate surface area is 180 Å². The van der Waals surface area contributed by atoms with Crippen molar-refractivity contribution in [2.24, 2.45) is 0 Å². The molecule has 3 heterocycles. The van der Waals surface area contributed by atoms with Gasteiger partial charge in [0.2, 0.25) is 15.9 Å². The summed E-state index contributed by atoms with van der Waals surface area (Å²) in [6.07, 6.45) is 4.11. The van der Waals surface area contributed by atoms with Crippen molar-refractivity contribution in [3.05, 3.63) is 18.2 Å². The second-order valence-corrected chi connectivity index (χ2v) is 10.6. The number of hydrogen-bond donors (Lipinski definition) is 0. The van der Waals surface area contributed by atoms with Crippen LogP contribution in [0.5, 0.6) is 5.75 Å². The number of hydrogen-bond acceptors (Lipinski definition) is 7. The second kappa shape index (κ2) is 8.78. The quantitative estimate of drug-likeness (QED) is 0.640. The molecular weight excluding hydrogens is 426 g/mol. The molecule has 1 aromatic heterocycles. The lowest BCUT2D eigenvalue weighted by atomic mass is 10.2. The highest BCUT2D eigenvalue weighted by Crippen LogP contribution is 2.36. The van der Waals surface area contributed by atoms with Crippen molar-refractivity contribution >= 4 is 42.6 Å². The SMILES string of the molecule is CCOc1cccc2sc(N(CC3CCCO3)C(=O)C3CCCN3S(C)(=O)=O)nc12. The third-order valence-electron chi connectivity index (χ3n) is 5.49. The average molecular weight is 454 g/mol. The number of carbonyl (C=O) groups excluding carboxylic acids is 1. The molecule has 1 aromatic carbocycles. The summed E-state index contributed by atoms with van der Waals surface area (Å²) in [5.74, 6) is 0.450. The lowest BCUT2D eigenvalue weighted by Crippen LogP contribution is -2.49. The molecule has 2 saturated heterocycles. The highest BCUT2D eigenvalue weighted by Gasteiger charge is 2.40. The minimum Gasteiger partial charge on any atom is -0.492 e. The van der Waals surface area contributed by atoms with Gasteiger partial charge >= 0.3 is 0 Å². The summed E-state index contributed by atoms with van der Waals surface area (Å²) in [5.41, 5.74) is 0.718. The van der Waals surface area contributed by atoms with Crippen molar-refractivity contribution in [2.45, 2.75) is 44.8 Å². The largest absolute Gasteiger partial charge is 0.492 e. The van der Waals surface area contributed by atoms with Gasteiger partial charge in [0.1, 0.15) is 17.3 Å². The zero-order valence-corrected chi connectivity index (χ0v) is 18.9. The fourth-order valence-electron chi connectivity index (χ4n) is 4.12. The van der Waals surface area contributed by atoms with E-state index in [0.717, 1.165) is 29.3 Å². The molecule has 2 fully saturated rings. The van der Waals surface area contributed by atoms with E-state index in [1.54, 1.807) is 4.90 Å². The second-order valence-electron chi connectivity index (χ2n) is 7.65. The van der Waals surface area contributed by atoms with Crippen LogP contribution >= 0.6 is 11.3 Å². The summed E-state index contributed by atoms with van der Waals surface area (Å²) in [6, 6.07) is 5.03. The number of thiazole rings is 1. The highest BCUT2D eigenvalue weighted by atomic mass is 32.2. The van der Waals surface area contributed by atoms with Gasteiger partial charge in [-0.1, -0.05) is 17.4 Å². The summed E-state index contributed by atoms with van der Waals surface area (Å²) < 4.78 is 38.1. The van der Waals surface area contributed by atoms with E-state index in [1.807, 2.05) is 25.1 Å². The molecular formula is C20H27N3O5S2. The molecule has 10 heteroatoms. The molecule has 8 nitrogen and oxygen atoms in total. The van der Waals surface area contributed by atoms with E-state index in [1.165, 1.54) is 15.6 Å². The fraction of sp³-hybridized carbons (Fsp3) is 0.600. The molecule has 4 rings (SSSR count). The van der Waals surface area contributed by atoms with Crippen LogP contribution in [0, 0.1) is 0 Å². The Bertz CT molecular complexity index is 1020. The van der Waals surface area contributed by atoms with Gasteiger partial charge in [0, 0.05) is 13.2 Å². The Hall–Kier alpha value is -1.75. The normalized spacial score (nSPS) is 22.6. The van der Waals surface area contributed by atoms with E-state index in [9.17, 15) is 13.2 Å². The maximum Gasteiger partial charge on any atom is 0.247 e. The summed E-state index contributed by atoms with van der Waals surface area (Å²) in [5, 5.41) is 0.554. The predicted molar refractivity (Wildman–Crippen MR) is 117 cm³/mol. The van der Waals surface area contributed by atoms with Crippen LogP contribution in [-0.4, -0.2) is 68.3 Å². The number of benzene rings is 1. The first-order valence-corrected chi connectivity index (χ1v) is 13.0. The third kappa shape index (κ3) is 4.32. The standard InChI is InChI=1S/C20H27N3O5S2/c1-3-27-16-9-4-10-17-18(16)21-20(29-17)22(13-14-7-6-12-28-14)19(24)15-8-5-11-23(15)30(2,25)26/h4,9-10,14-15H,3,5-8,11-13H2,1-2H3. The Kier molecular flexibility index (Phi) is 6.29. The Morgan fingerprint density at radius 1 is 1.37 bits per heavy atom. The number of aromatic nitrogens is 1. The van der Waals surface area contributed by atoms with Gasteiger partial charge in [-0.2, -0.15) is 4.31 Å². The van der Waals surface area contributed by atoms with Gasteiger partial charge in [-0.05, 0) is 44.7 Å². The van der Waals surface area contributed by atoms with Crippen LogP contribution < -0.4 is 9.64 Å². The maximum atomic E-state index is 13.6. The monoisotopic (exact) mass is 453 g/mol. The molecule has 0 radical (unpaired) electrons. The van der Waals surface area contributed by atoms with Crippen molar-refractivity contribution in [3.8, 4) is 5.75 Å². The predicted octanol–water partition coefficient (Wildman–Crippen LogP) is 2.63. The van der Waals surface area contributed by atoms with E-state index >= 15 is 0 Å². The van der Waals surface area contributed by atoms with E-state index in [2.05, 4.69) is 0 Å². The number of sulfonamides is 1. The van der Waals surface area contributed by atoms with E-state index < -0.39 is 16.1 Å². The first kappa shape index (κ1) is 21.5. The molecule has 2 unspecified atom stereocenters. The number of para-hydroxylation sites is 1. The van der Waals surface area contributed by atoms with Gasteiger partial charge in [0.05, 0.1) is 30.2 Å². The van der Waals surface area contributed by atoms with Gasteiger partial charge < -0.3 is 9.47 Å². The van der Waals surface area contributed by atoms with Crippen molar-refractivity contribution in [1.29, 1.82) is 0 Å². The number of rotatable bonds is 7. The van der Waals surface area contributed by atoms with Crippen molar-refractivity contribution in [3.63, 3.8) is 0 Å². The lowest BCUT2D eigenvalue weighted by Gasteiger charge is -2.29. The molecule has 2 aliphatic rings. The summed E-state index contributed by atoms with van der Waals surface area (Å²) in [7, 11) is -3.46. The van der Waals surface area contributed by atoms with Crippen LogP contribution in [0.2, 0.25) is 0 Å². The average Bonchev–Trinajstić information content (AvgIpc) is 3.45. The molecule has 0 aliphatic carbocycles. The summed E-state index contributed by atoms with van der Waals surface area (Å²) >= 11 is 1.42. The summed E-state index contributed by atoms with van der Waals surface area (Å²) in [6.45, 7) is 3.86. The smallest absolute Gasteiger partial charge is 0.247 e. The van der Waals surface area contributed by atoms with Gasteiger partial charge in [0.25, 0.3) is 0 Å². The number of nitrogens with zero attached hydrogens (tertiary/aromatic N) is 3. The zero-order valence-electron chi connectivity index (χ0n) is 17.2. The van der Waals surface area contributed by atoms with Crippen LogP contribution in [0.4, 0.5) is 5.13 Å². The first-order chi connectivity index (χ1) is 14.4.